The third kappa shape index (κ3) is 5.13. The van der Waals surface area contributed by atoms with E-state index in [1.54, 1.807) is 6.92 Å². The summed E-state index contributed by atoms with van der Waals surface area (Å²) in [5, 5.41) is 6.10. The van der Waals surface area contributed by atoms with Gasteiger partial charge < -0.3 is 15.4 Å². The molecule has 116 valence electrons. The molecule has 2 aromatic carbocycles. The minimum atomic E-state index is -0.514. The first-order valence-corrected chi connectivity index (χ1v) is 7.45. The van der Waals surface area contributed by atoms with E-state index in [0.717, 1.165) is 11.3 Å². The molecule has 0 aliphatic heterocycles. The van der Waals surface area contributed by atoms with Gasteiger partial charge in [0.05, 0.1) is 0 Å². The zero-order chi connectivity index (χ0) is 15.8. The molecule has 0 aromatic heterocycles. The highest BCUT2D eigenvalue weighted by Crippen LogP contribution is 2.13. The van der Waals surface area contributed by atoms with Crippen molar-refractivity contribution in [2.45, 2.75) is 20.0 Å². The lowest BCUT2D eigenvalue weighted by Crippen LogP contribution is -2.38. The van der Waals surface area contributed by atoms with E-state index in [0.29, 0.717) is 18.8 Å². The Morgan fingerprint density at radius 1 is 1.05 bits per heavy atom. The first-order chi connectivity index (χ1) is 10.6. The molecule has 0 radical (unpaired) electrons. The van der Waals surface area contributed by atoms with Gasteiger partial charge in [-0.1, -0.05) is 35.9 Å². The maximum Gasteiger partial charge on any atom is 0.260 e. The minimum Gasteiger partial charge on any atom is -0.481 e. The Bertz CT molecular complexity index is 582. The summed E-state index contributed by atoms with van der Waals surface area (Å²) >= 11 is 0. The monoisotopic (exact) mass is 298 g/mol. The number of amides is 1. The molecular weight excluding hydrogens is 276 g/mol. The van der Waals surface area contributed by atoms with Crippen LogP contribution in [0.1, 0.15) is 12.5 Å². The van der Waals surface area contributed by atoms with Crippen molar-refractivity contribution in [3.63, 3.8) is 0 Å². The fourth-order valence-electron chi connectivity index (χ4n) is 1.97. The number of para-hydroxylation sites is 1. The molecule has 0 saturated carbocycles. The van der Waals surface area contributed by atoms with Crippen LogP contribution >= 0.6 is 0 Å². The van der Waals surface area contributed by atoms with E-state index in [9.17, 15) is 4.79 Å². The molecule has 1 unspecified atom stereocenters. The number of nitrogens with one attached hydrogen (secondary N) is 2. The van der Waals surface area contributed by atoms with E-state index in [-0.39, 0.29) is 5.91 Å². The van der Waals surface area contributed by atoms with Gasteiger partial charge in [0.1, 0.15) is 5.75 Å². The predicted octanol–water partition coefficient (Wildman–Crippen LogP) is 2.99. The van der Waals surface area contributed by atoms with Crippen molar-refractivity contribution in [1.82, 2.24) is 5.32 Å². The van der Waals surface area contributed by atoms with Crippen LogP contribution in [0.3, 0.4) is 0 Å². The number of carbonyl (C=O) groups excluding carboxylic acids is 1. The molecule has 2 aromatic rings. The molecule has 0 aliphatic rings. The van der Waals surface area contributed by atoms with Gasteiger partial charge >= 0.3 is 0 Å². The predicted molar refractivity (Wildman–Crippen MR) is 89.2 cm³/mol. The summed E-state index contributed by atoms with van der Waals surface area (Å²) in [4.78, 5) is 12.0. The molecule has 0 bridgehead atoms. The van der Waals surface area contributed by atoms with Crippen molar-refractivity contribution >= 4 is 11.6 Å². The second-order valence-corrected chi connectivity index (χ2v) is 5.16. The molecule has 2 N–H and O–H groups in total. The number of hydrogen-bond donors (Lipinski definition) is 2. The first-order valence-electron chi connectivity index (χ1n) is 7.45. The number of carbonyl (C=O) groups is 1. The van der Waals surface area contributed by atoms with Crippen LogP contribution in [-0.2, 0) is 4.79 Å². The molecular formula is C18H22N2O2. The summed E-state index contributed by atoms with van der Waals surface area (Å²) < 4.78 is 5.61. The lowest BCUT2D eigenvalue weighted by molar-refractivity contribution is -0.127. The molecule has 22 heavy (non-hydrogen) atoms. The number of rotatable bonds is 7. The van der Waals surface area contributed by atoms with E-state index in [4.69, 9.17) is 4.74 Å². The van der Waals surface area contributed by atoms with Crippen LogP contribution in [0, 0.1) is 6.92 Å². The number of ether oxygens (including phenoxy) is 1. The van der Waals surface area contributed by atoms with E-state index < -0.39 is 6.10 Å². The second-order valence-electron chi connectivity index (χ2n) is 5.16. The maximum absolute atomic E-state index is 12.0. The van der Waals surface area contributed by atoms with Crippen LogP contribution in [0.4, 0.5) is 5.69 Å². The fourth-order valence-corrected chi connectivity index (χ4v) is 1.97. The van der Waals surface area contributed by atoms with Gasteiger partial charge in [0.2, 0.25) is 0 Å². The Morgan fingerprint density at radius 2 is 1.73 bits per heavy atom. The summed E-state index contributed by atoms with van der Waals surface area (Å²) in [7, 11) is 0. The largest absolute Gasteiger partial charge is 0.481 e. The molecule has 0 saturated heterocycles. The van der Waals surface area contributed by atoms with Gasteiger partial charge in [-0.25, -0.2) is 0 Å². The standard InChI is InChI=1S/C18H22N2O2/c1-14-8-10-17(11-9-14)22-15(2)18(21)20-13-12-19-16-6-4-3-5-7-16/h3-11,15,19H,12-13H2,1-2H3,(H,20,21). The summed E-state index contributed by atoms with van der Waals surface area (Å²) in [5.41, 5.74) is 2.21. The lowest BCUT2D eigenvalue weighted by atomic mass is 10.2. The van der Waals surface area contributed by atoms with Crippen molar-refractivity contribution in [3.8, 4) is 5.75 Å². The van der Waals surface area contributed by atoms with E-state index in [1.165, 1.54) is 0 Å². The molecule has 0 heterocycles. The summed E-state index contributed by atoms with van der Waals surface area (Å²) in [5.74, 6) is 0.589. The zero-order valence-corrected chi connectivity index (χ0v) is 13.0. The number of benzene rings is 2. The molecule has 0 aliphatic carbocycles. The van der Waals surface area contributed by atoms with Gasteiger partial charge in [-0.15, -0.1) is 0 Å². The highest BCUT2D eigenvalue weighted by molar-refractivity contribution is 5.80. The molecule has 0 fully saturated rings. The Morgan fingerprint density at radius 3 is 2.41 bits per heavy atom. The molecule has 0 spiro atoms. The first kappa shape index (κ1) is 15.9. The highest BCUT2D eigenvalue weighted by atomic mass is 16.5. The Kier molecular flexibility index (Phi) is 5.83. The van der Waals surface area contributed by atoms with Crippen LogP contribution in [0.25, 0.3) is 0 Å². The Labute approximate surface area is 131 Å². The smallest absolute Gasteiger partial charge is 0.260 e. The quantitative estimate of drug-likeness (QED) is 0.773. The molecule has 4 nitrogen and oxygen atoms in total. The van der Waals surface area contributed by atoms with Crippen molar-refractivity contribution in [2.75, 3.05) is 18.4 Å². The number of anilines is 1. The molecule has 2 rings (SSSR count). The fraction of sp³-hybridized carbons (Fsp3) is 0.278. The third-order valence-corrected chi connectivity index (χ3v) is 3.23. The van der Waals surface area contributed by atoms with Gasteiger partial charge in [-0.3, -0.25) is 4.79 Å². The van der Waals surface area contributed by atoms with Gasteiger partial charge in [0, 0.05) is 18.8 Å². The van der Waals surface area contributed by atoms with Crippen LogP contribution in [0.2, 0.25) is 0 Å². The van der Waals surface area contributed by atoms with Crippen LogP contribution in [0.5, 0.6) is 5.75 Å². The summed E-state index contributed by atoms with van der Waals surface area (Å²) in [6.07, 6.45) is -0.514. The minimum absolute atomic E-state index is 0.115. The van der Waals surface area contributed by atoms with E-state index in [1.807, 2.05) is 61.5 Å². The zero-order valence-electron chi connectivity index (χ0n) is 13.0. The third-order valence-electron chi connectivity index (χ3n) is 3.23. The van der Waals surface area contributed by atoms with Crippen LogP contribution < -0.4 is 15.4 Å². The van der Waals surface area contributed by atoms with Crippen molar-refractivity contribution in [3.05, 3.63) is 60.2 Å². The highest BCUT2D eigenvalue weighted by Gasteiger charge is 2.13. The van der Waals surface area contributed by atoms with Crippen LogP contribution in [0.15, 0.2) is 54.6 Å². The van der Waals surface area contributed by atoms with Crippen LogP contribution in [-0.4, -0.2) is 25.1 Å². The lowest BCUT2D eigenvalue weighted by Gasteiger charge is -2.15. The topological polar surface area (TPSA) is 50.4 Å². The average Bonchev–Trinajstić information content (AvgIpc) is 2.54. The molecule has 1 atom stereocenters. The summed E-state index contributed by atoms with van der Waals surface area (Å²) in [6, 6.07) is 17.6. The van der Waals surface area contributed by atoms with Gasteiger partial charge in [-0.05, 0) is 38.1 Å². The van der Waals surface area contributed by atoms with Crippen molar-refractivity contribution in [1.29, 1.82) is 0 Å². The van der Waals surface area contributed by atoms with Crippen molar-refractivity contribution in [2.24, 2.45) is 0 Å². The normalized spacial score (nSPS) is 11.5. The molecule has 4 heteroatoms. The van der Waals surface area contributed by atoms with Crippen molar-refractivity contribution < 1.29 is 9.53 Å². The maximum atomic E-state index is 12.0. The number of aryl methyl sites for hydroxylation is 1. The molecule has 1 amide bonds. The van der Waals surface area contributed by atoms with Gasteiger partial charge in [0.25, 0.3) is 5.91 Å². The Hall–Kier alpha value is -2.49. The summed E-state index contributed by atoms with van der Waals surface area (Å²) in [6.45, 7) is 4.99. The average molecular weight is 298 g/mol. The van der Waals surface area contributed by atoms with Gasteiger partial charge in [-0.2, -0.15) is 0 Å². The number of hydrogen-bond acceptors (Lipinski definition) is 3. The SMILES string of the molecule is Cc1ccc(OC(C)C(=O)NCCNc2ccccc2)cc1. The van der Waals surface area contributed by atoms with E-state index >= 15 is 0 Å². The second kappa shape index (κ2) is 8.08. The Balaban J connectivity index is 1.69. The van der Waals surface area contributed by atoms with Gasteiger partial charge in [0.15, 0.2) is 6.10 Å². The van der Waals surface area contributed by atoms with E-state index in [2.05, 4.69) is 10.6 Å².